The van der Waals surface area contributed by atoms with Crippen molar-refractivity contribution in [3.05, 3.63) is 24.0 Å². The average molecular weight is 332 g/mol. The molecule has 4 heteroatoms. The molecule has 1 unspecified atom stereocenters. The van der Waals surface area contributed by atoms with Crippen LogP contribution in [0.4, 0.5) is 0 Å². The summed E-state index contributed by atoms with van der Waals surface area (Å²) in [6, 6.07) is 4.63. The number of likely N-dealkylation sites (tertiary alicyclic amines) is 1. The molecule has 1 aromatic rings. The molecule has 1 aliphatic heterocycles. The van der Waals surface area contributed by atoms with E-state index in [-0.39, 0.29) is 11.8 Å². The van der Waals surface area contributed by atoms with Crippen LogP contribution in [0, 0.1) is 5.92 Å². The van der Waals surface area contributed by atoms with Gasteiger partial charge in [0.15, 0.2) is 0 Å². The third-order valence-corrected chi connectivity index (χ3v) is 5.85. The predicted octanol–water partition coefficient (Wildman–Crippen LogP) is 3.64. The summed E-state index contributed by atoms with van der Waals surface area (Å²) in [4.78, 5) is 15.2. The van der Waals surface area contributed by atoms with Crippen molar-refractivity contribution in [3.8, 4) is 0 Å². The van der Waals surface area contributed by atoms with Crippen molar-refractivity contribution in [1.82, 2.24) is 14.8 Å². The van der Waals surface area contributed by atoms with Crippen molar-refractivity contribution >= 4 is 5.91 Å². The van der Waals surface area contributed by atoms with Gasteiger partial charge in [-0.3, -0.25) is 9.69 Å². The van der Waals surface area contributed by atoms with Crippen LogP contribution >= 0.6 is 0 Å². The van der Waals surface area contributed by atoms with E-state index < -0.39 is 0 Å². The molecule has 1 aromatic heterocycles. The van der Waals surface area contributed by atoms with Gasteiger partial charge in [-0.15, -0.1) is 0 Å². The summed E-state index contributed by atoms with van der Waals surface area (Å²) in [5, 5.41) is 3.29. The highest BCUT2D eigenvalue weighted by Crippen LogP contribution is 2.26. The molecule has 4 nitrogen and oxygen atoms in total. The molecule has 24 heavy (non-hydrogen) atoms. The van der Waals surface area contributed by atoms with Crippen LogP contribution in [-0.4, -0.2) is 35.0 Å². The van der Waals surface area contributed by atoms with Gasteiger partial charge >= 0.3 is 0 Å². The van der Waals surface area contributed by atoms with Gasteiger partial charge in [-0.05, 0) is 50.9 Å². The molecular weight excluding hydrogens is 298 g/mol. The second-order valence-corrected chi connectivity index (χ2v) is 7.59. The molecule has 0 spiro atoms. The average Bonchev–Trinajstić information content (AvgIpc) is 2.87. The van der Waals surface area contributed by atoms with Crippen molar-refractivity contribution in [1.29, 1.82) is 0 Å². The van der Waals surface area contributed by atoms with Crippen LogP contribution in [0.15, 0.2) is 18.3 Å². The minimum atomic E-state index is 0.247. The Bertz CT molecular complexity index is 511. The standard InChI is InChI=1S/C20H33N3O/c1-22-13-9-12-18(22)19(23-14-7-2-3-8-15-23)16-21-20(24)17-10-5-4-6-11-17/h9,12-13,17,19H,2-8,10-11,14-16H2,1H3,(H,21,24). The fourth-order valence-electron chi connectivity index (χ4n) is 4.35. The van der Waals surface area contributed by atoms with Gasteiger partial charge in [0.05, 0.1) is 6.04 Å². The van der Waals surface area contributed by atoms with Crippen molar-refractivity contribution in [2.24, 2.45) is 13.0 Å². The fraction of sp³-hybridized carbons (Fsp3) is 0.750. The molecule has 0 aromatic carbocycles. The Balaban J connectivity index is 1.65. The quantitative estimate of drug-likeness (QED) is 0.894. The molecule has 2 fully saturated rings. The second kappa shape index (κ2) is 8.70. The van der Waals surface area contributed by atoms with Gasteiger partial charge in [0, 0.05) is 31.4 Å². The summed E-state index contributed by atoms with van der Waals surface area (Å²) in [5.41, 5.74) is 1.32. The highest BCUT2D eigenvalue weighted by atomic mass is 16.1. The summed E-state index contributed by atoms with van der Waals surface area (Å²) in [5.74, 6) is 0.528. The maximum absolute atomic E-state index is 12.6. The Hall–Kier alpha value is -1.29. The lowest BCUT2D eigenvalue weighted by Crippen LogP contribution is -2.41. The van der Waals surface area contributed by atoms with Gasteiger partial charge in [-0.25, -0.2) is 0 Å². The lowest BCUT2D eigenvalue weighted by molar-refractivity contribution is -0.126. The normalized spacial score (nSPS) is 22.0. The van der Waals surface area contributed by atoms with Gasteiger partial charge in [0.25, 0.3) is 0 Å². The zero-order chi connectivity index (χ0) is 16.8. The van der Waals surface area contributed by atoms with Gasteiger partial charge in [-0.2, -0.15) is 0 Å². The molecule has 1 atom stereocenters. The number of aryl methyl sites for hydroxylation is 1. The highest BCUT2D eigenvalue weighted by Gasteiger charge is 2.26. The third kappa shape index (κ3) is 4.41. The largest absolute Gasteiger partial charge is 0.354 e. The highest BCUT2D eigenvalue weighted by molar-refractivity contribution is 5.78. The SMILES string of the molecule is Cn1cccc1C(CNC(=O)C1CCCCC1)N1CCCCCC1. The van der Waals surface area contributed by atoms with E-state index in [0.717, 1.165) is 32.5 Å². The molecule has 1 N–H and O–H groups in total. The Morgan fingerprint density at radius 1 is 1.12 bits per heavy atom. The van der Waals surface area contributed by atoms with Crippen LogP contribution < -0.4 is 5.32 Å². The number of rotatable bonds is 5. The first-order valence-electron chi connectivity index (χ1n) is 9.88. The summed E-state index contributed by atoms with van der Waals surface area (Å²) in [6.07, 6.45) is 13.2. The first kappa shape index (κ1) is 17.5. The number of carbonyl (C=O) groups is 1. The molecule has 2 heterocycles. The zero-order valence-electron chi connectivity index (χ0n) is 15.2. The van der Waals surface area contributed by atoms with Crippen LogP contribution in [0.1, 0.15) is 69.5 Å². The third-order valence-electron chi connectivity index (χ3n) is 5.85. The first-order chi connectivity index (χ1) is 11.8. The second-order valence-electron chi connectivity index (χ2n) is 7.59. The van der Waals surface area contributed by atoms with Crippen LogP contribution in [0.25, 0.3) is 0 Å². The number of hydrogen-bond donors (Lipinski definition) is 1. The molecule has 1 aliphatic carbocycles. The van der Waals surface area contributed by atoms with Crippen molar-refractivity contribution in [2.75, 3.05) is 19.6 Å². The lowest BCUT2D eigenvalue weighted by Gasteiger charge is -2.32. The van der Waals surface area contributed by atoms with Crippen molar-refractivity contribution in [3.63, 3.8) is 0 Å². The van der Waals surface area contributed by atoms with E-state index in [2.05, 4.69) is 40.2 Å². The summed E-state index contributed by atoms with van der Waals surface area (Å²) >= 11 is 0. The van der Waals surface area contributed by atoms with E-state index in [1.54, 1.807) is 0 Å². The Morgan fingerprint density at radius 3 is 2.42 bits per heavy atom. The molecule has 1 saturated heterocycles. The Labute approximate surface area is 146 Å². The maximum Gasteiger partial charge on any atom is 0.223 e. The first-order valence-corrected chi connectivity index (χ1v) is 9.88. The number of hydrogen-bond acceptors (Lipinski definition) is 2. The van der Waals surface area contributed by atoms with E-state index in [1.165, 1.54) is 50.6 Å². The Morgan fingerprint density at radius 2 is 1.79 bits per heavy atom. The number of nitrogens with zero attached hydrogens (tertiary/aromatic N) is 2. The molecule has 1 amide bonds. The number of nitrogens with one attached hydrogen (secondary N) is 1. The van der Waals surface area contributed by atoms with Crippen molar-refractivity contribution < 1.29 is 4.79 Å². The van der Waals surface area contributed by atoms with Crippen LogP contribution in [0.5, 0.6) is 0 Å². The fourth-order valence-corrected chi connectivity index (χ4v) is 4.35. The minimum absolute atomic E-state index is 0.247. The van der Waals surface area contributed by atoms with E-state index in [4.69, 9.17) is 0 Å². The number of amides is 1. The van der Waals surface area contributed by atoms with Gasteiger partial charge in [0.2, 0.25) is 5.91 Å². The molecule has 134 valence electrons. The summed E-state index contributed by atoms with van der Waals surface area (Å²) < 4.78 is 2.21. The van der Waals surface area contributed by atoms with Gasteiger partial charge < -0.3 is 9.88 Å². The van der Waals surface area contributed by atoms with Gasteiger partial charge in [0.1, 0.15) is 0 Å². The Kier molecular flexibility index (Phi) is 6.36. The van der Waals surface area contributed by atoms with E-state index in [9.17, 15) is 4.79 Å². The molecule has 1 saturated carbocycles. The molecular formula is C20H33N3O. The van der Waals surface area contributed by atoms with E-state index >= 15 is 0 Å². The monoisotopic (exact) mass is 331 g/mol. The minimum Gasteiger partial charge on any atom is -0.354 e. The molecule has 2 aliphatic rings. The van der Waals surface area contributed by atoms with E-state index in [0.29, 0.717) is 6.04 Å². The molecule has 0 bridgehead atoms. The predicted molar refractivity (Wildman–Crippen MR) is 97.8 cm³/mol. The van der Waals surface area contributed by atoms with Gasteiger partial charge in [-0.1, -0.05) is 32.1 Å². The van der Waals surface area contributed by atoms with E-state index in [1.807, 2.05) is 0 Å². The summed E-state index contributed by atoms with van der Waals surface area (Å²) in [6.45, 7) is 3.04. The summed E-state index contributed by atoms with van der Waals surface area (Å²) in [7, 11) is 2.11. The van der Waals surface area contributed by atoms with Crippen LogP contribution in [0.3, 0.4) is 0 Å². The zero-order valence-corrected chi connectivity index (χ0v) is 15.2. The lowest BCUT2D eigenvalue weighted by atomic mass is 9.88. The number of carbonyl (C=O) groups excluding carboxylic acids is 1. The van der Waals surface area contributed by atoms with Crippen LogP contribution in [-0.2, 0) is 11.8 Å². The van der Waals surface area contributed by atoms with Crippen LogP contribution in [0.2, 0.25) is 0 Å². The smallest absolute Gasteiger partial charge is 0.223 e. The topological polar surface area (TPSA) is 37.3 Å². The van der Waals surface area contributed by atoms with Crippen molar-refractivity contribution in [2.45, 2.75) is 63.8 Å². The maximum atomic E-state index is 12.6. The molecule has 0 radical (unpaired) electrons. The molecule has 3 rings (SSSR count). The number of aromatic nitrogens is 1.